The summed E-state index contributed by atoms with van der Waals surface area (Å²) in [6, 6.07) is 47.6. The Balaban J connectivity index is 1.28. The van der Waals surface area contributed by atoms with Crippen LogP contribution in [0.1, 0.15) is 26.3 Å². The van der Waals surface area contributed by atoms with E-state index in [1.54, 1.807) is 0 Å². The Morgan fingerprint density at radius 3 is 1.68 bits per heavy atom. The van der Waals surface area contributed by atoms with Crippen LogP contribution in [-0.4, -0.2) is 0 Å². The minimum atomic E-state index is 0.119. The average molecular weight is 511 g/mol. The van der Waals surface area contributed by atoms with Crippen molar-refractivity contribution in [2.24, 2.45) is 0 Å². The van der Waals surface area contributed by atoms with Gasteiger partial charge >= 0.3 is 0 Å². The number of benzene rings is 8. The monoisotopic (exact) mass is 510 g/mol. The molecule has 8 aromatic carbocycles. The molecule has 0 fully saturated rings. The molecule has 8 rings (SSSR count). The molecule has 0 heteroatoms. The molecule has 0 N–H and O–H groups in total. The summed E-state index contributed by atoms with van der Waals surface area (Å²) in [4.78, 5) is 0. The average Bonchev–Trinajstić information content (AvgIpc) is 2.98. The van der Waals surface area contributed by atoms with Crippen molar-refractivity contribution in [2.45, 2.75) is 26.2 Å². The Labute approximate surface area is 234 Å². The Morgan fingerprint density at radius 2 is 0.950 bits per heavy atom. The lowest BCUT2D eigenvalue weighted by atomic mass is 9.82. The summed E-state index contributed by atoms with van der Waals surface area (Å²) >= 11 is 0. The van der Waals surface area contributed by atoms with Crippen molar-refractivity contribution >= 4 is 53.9 Å². The summed E-state index contributed by atoms with van der Waals surface area (Å²) in [5, 5.41) is 13.2. The first-order valence-electron chi connectivity index (χ1n) is 14.2. The molecule has 40 heavy (non-hydrogen) atoms. The van der Waals surface area contributed by atoms with Gasteiger partial charge in [-0.3, -0.25) is 0 Å². The molecule has 0 amide bonds. The molecule has 190 valence electrons. The van der Waals surface area contributed by atoms with Crippen molar-refractivity contribution in [3.8, 4) is 22.3 Å². The zero-order valence-corrected chi connectivity index (χ0v) is 23.1. The lowest BCUT2D eigenvalue weighted by Crippen LogP contribution is -2.10. The third-order valence-corrected chi connectivity index (χ3v) is 8.72. The lowest BCUT2D eigenvalue weighted by Gasteiger charge is -2.22. The summed E-state index contributed by atoms with van der Waals surface area (Å²) < 4.78 is 0. The lowest BCUT2D eigenvalue weighted by molar-refractivity contribution is 0.591. The van der Waals surface area contributed by atoms with Crippen LogP contribution < -0.4 is 0 Å². The van der Waals surface area contributed by atoms with Gasteiger partial charge < -0.3 is 0 Å². The SMILES string of the molecule is CC(C)(C)c1cc2ccc3ccc(-c4ccc5cc(-c6cccc7ccccc67)ccc5c4)c4ccc(c1)c2c34. The van der Waals surface area contributed by atoms with Crippen molar-refractivity contribution in [1.29, 1.82) is 0 Å². The zero-order chi connectivity index (χ0) is 27.0. The maximum absolute atomic E-state index is 2.39. The highest BCUT2D eigenvalue weighted by Gasteiger charge is 2.18. The summed E-state index contributed by atoms with van der Waals surface area (Å²) in [5.41, 5.74) is 6.60. The minimum absolute atomic E-state index is 0.119. The van der Waals surface area contributed by atoms with Crippen molar-refractivity contribution in [2.75, 3.05) is 0 Å². The molecule has 0 bridgehead atoms. The largest absolute Gasteiger partial charge is 0.0616 e. The van der Waals surface area contributed by atoms with Gasteiger partial charge in [-0.25, -0.2) is 0 Å². The van der Waals surface area contributed by atoms with Gasteiger partial charge in [0.05, 0.1) is 0 Å². The molecule has 0 nitrogen and oxygen atoms in total. The van der Waals surface area contributed by atoms with E-state index in [1.165, 1.54) is 81.7 Å². The van der Waals surface area contributed by atoms with E-state index < -0.39 is 0 Å². The van der Waals surface area contributed by atoms with Gasteiger partial charge in [0.15, 0.2) is 0 Å². The van der Waals surface area contributed by atoms with Gasteiger partial charge in [-0.15, -0.1) is 0 Å². The smallest absolute Gasteiger partial charge is 0.00206 e. The van der Waals surface area contributed by atoms with Crippen LogP contribution in [0.3, 0.4) is 0 Å². The van der Waals surface area contributed by atoms with E-state index in [2.05, 4.69) is 148 Å². The zero-order valence-electron chi connectivity index (χ0n) is 23.1. The molecule has 8 aromatic rings. The van der Waals surface area contributed by atoms with E-state index in [9.17, 15) is 0 Å². The third-order valence-electron chi connectivity index (χ3n) is 8.72. The molecule has 0 radical (unpaired) electrons. The first kappa shape index (κ1) is 23.2. The summed E-state index contributed by atoms with van der Waals surface area (Å²) in [6.07, 6.45) is 0. The van der Waals surface area contributed by atoms with Crippen LogP contribution >= 0.6 is 0 Å². The summed E-state index contributed by atoms with van der Waals surface area (Å²) in [7, 11) is 0. The van der Waals surface area contributed by atoms with E-state index in [1.807, 2.05) is 0 Å². The Hall–Kier alpha value is -4.68. The maximum atomic E-state index is 2.39. The van der Waals surface area contributed by atoms with Crippen LogP contribution in [0.5, 0.6) is 0 Å². The highest BCUT2D eigenvalue weighted by Crippen LogP contribution is 2.41. The molecule has 0 saturated carbocycles. The summed E-state index contributed by atoms with van der Waals surface area (Å²) in [6.45, 7) is 6.88. The molecule has 0 saturated heterocycles. The van der Waals surface area contributed by atoms with E-state index in [4.69, 9.17) is 0 Å². The first-order chi connectivity index (χ1) is 19.4. The van der Waals surface area contributed by atoms with Crippen LogP contribution in [0.25, 0.3) is 76.1 Å². The molecular formula is C40H30. The van der Waals surface area contributed by atoms with Crippen molar-refractivity contribution in [3.63, 3.8) is 0 Å². The number of rotatable bonds is 2. The van der Waals surface area contributed by atoms with E-state index in [0.717, 1.165) is 0 Å². The topological polar surface area (TPSA) is 0 Å². The molecule has 0 heterocycles. The number of hydrogen-bond acceptors (Lipinski definition) is 0. The normalized spacial score (nSPS) is 12.4. The highest BCUT2D eigenvalue weighted by atomic mass is 14.2. The molecule has 0 aliphatic carbocycles. The van der Waals surface area contributed by atoms with Crippen molar-refractivity contribution in [1.82, 2.24) is 0 Å². The minimum Gasteiger partial charge on any atom is -0.0616 e. The van der Waals surface area contributed by atoms with E-state index in [-0.39, 0.29) is 5.41 Å². The third kappa shape index (κ3) is 3.53. The summed E-state index contributed by atoms with van der Waals surface area (Å²) in [5.74, 6) is 0. The molecule has 0 aliphatic heterocycles. The molecule has 0 unspecified atom stereocenters. The standard InChI is InChI=1S/C40H30/c1-40(2,3)33-23-31-16-11-26-17-19-36(37-20-18-32(24-33)38(31)39(26)37)30-15-13-27-21-29(14-12-28(27)22-30)35-10-6-8-25-7-4-5-9-34(25)35/h4-24H,1-3H3. The van der Waals surface area contributed by atoms with Gasteiger partial charge in [0.1, 0.15) is 0 Å². The van der Waals surface area contributed by atoms with Crippen LogP contribution in [0.4, 0.5) is 0 Å². The molecule has 0 atom stereocenters. The van der Waals surface area contributed by atoms with E-state index >= 15 is 0 Å². The quantitative estimate of drug-likeness (QED) is 0.203. The van der Waals surface area contributed by atoms with E-state index in [0.29, 0.717) is 0 Å². The van der Waals surface area contributed by atoms with Gasteiger partial charge in [-0.2, -0.15) is 0 Å². The second-order valence-electron chi connectivity index (χ2n) is 12.2. The fourth-order valence-corrected chi connectivity index (χ4v) is 6.56. The Kier molecular flexibility index (Phi) is 4.88. The van der Waals surface area contributed by atoms with Gasteiger partial charge in [-0.1, -0.05) is 136 Å². The second kappa shape index (κ2) is 8.41. The fourth-order valence-electron chi connectivity index (χ4n) is 6.56. The predicted octanol–water partition coefficient (Wildman–Crippen LogP) is 11.5. The molecule has 0 spiro atoms. The maximum Gasteiger partial charge on any atom is -0.00206 e. The predicted molar refractivity (Wildman–Crippen MR) is 175 cm³/mol. The highest BCUT2D eigenvalue weighted by molar-refractivity contribution is 6.25. The van der Waals surface area contributed by atoms with Crippen molar-refractivity contribution < 1.29 is 0 Å². The van der Waals surface area contributed by atoms with Gasteiger partial charge in [-0.05, 0) is 99.2 Å². The first-order valence-corrected chi connectivity index (χ1v) is 14.2. The number of hydrogen-bond donors (Lipinski definition) is 0. The van der Waals surface area contributed by atoms with Crippen LogP contribution in [0, 0.1) is 0 Å². The van der Waals surface area contributed by atoms with Gasteiger partial charge in [0, 0.05) is 0 Å². The molecule has 0 aliphatic rings. The van der Waals surface area contributed by atoms with Crippen LogP contribution in [0.2, 0.25) is 0 Å². The Morgan fingerprint density at radius 1 is 0.375 bits per heavy atom. The van der Waals surface area contributed by atoms with Gasteiger partial charge in [0.25, 0.3) is 0 Å². The molecular weight excluding hydrogens is 480 g/mol. The van der Waals surface area contributed by atoms with Crippen LogP contribution in [-0.2, 0) is 5.41 Å². The Bertz CT molecular complexity index is 2220. The fraction of sp³-hybridized carbons (Fsp3) is 0.100. The second-order valence-corrected chi connectivity index (χ2v) is 12.2. The molecule has 0 aromatic heterocycles. The number of fused-ring (bicyclic) bond motifs is 2. The van der Waals surface area contributed by atoms with Gasteiger partial charge in [0.2, 0.25) is 0 Å². The van der Waals surface area contributed by atoms with Crippen molar-refractivity contribution in [3.05, 3.63) is 133 Å². The van der Waals surface area contributed by atoms with Crippen LogP contribution in [0.15, 0.2) is 127 Å².